The lowest BCUT2D eigenvalue weighted by atomic mass is 9.79. The molecule has 0 amide bonds. The van der Waals surface area contributed by atoms with E-state index in [-0.39, 0.29) is 11.8 Å². The van der Waals surface area contributed by atoms with Crippen molar-refractivity contribution in [2.75, 3.05) is 13.2 Å². The third-order valence-corrected chi connectivity index (χ3v) is 3.89. The number of nitrogens with two attached hydrogens (primary N) is 1. The van der Waals surface area contributed by atoms with Gasteiger partial charge in [0, 0.05) is 23.2 Å². The molecule has 2 heterocycles. The van der Waals surface area contributed by atoms with Crippen LogP contribution in [0.1, 0.15) is 17.3 Å². The summed E-state index contributed by atoms with van der Waals surface area (Å²) in [5.74, 6) is 0.00996. The third-order valence-electron chi connectivity index (χ3n) is 3.89. The van der Waals surface area contributed by atoms with Crippen LogP contribution in [0, 0.1) is 5.41 Å². The zero-order chi connectivity index (χ0) is 13.5. The smallest absolute Gasteiger partial charge is 0.174 e. The van der Waals surface area contributed by atoms with E-state index < -0.39 is 5.41 Å². The number of carbonyl (C=O) groups excluding carboxylic acids is 1. The van der Waals surface area contributed by atoms with Crippen molar-refractivity contribution in [2.45, 2.75) is 13.0 Å². The van der Waals surface area contributed by atoms with Crippen LogP contribution in [0.3, 0.4) is 0 Å². The fourth-order valence-electron chi connectivity index (χ4n) is 2.45. The summed E-state index contributed by atoms with van der Waals surface area (Å²) >= 11 is 0. The number of hydrogen-bond donors (Lipinski definition) is 1. The molecular weight excluding hydrogens is 240 g/mol. The Balaban J connectivity index is 2.02. The zero-order valence-electron chi connectivity index (χ0n) is 10.8. The van der Waals surface area contributed by atoms with E-state index >= 15 is 0 Å². The predicted octanol–water partition coefficient (Wildman–Crippen LogP) is 1.78. The van der Waals surface area contributed by atoms with E-state index in [0.29, 0.717) is 18.8 Å². The number of Topliss-reactive ketones (excluding diaryl/α,β-unsaturated/α-hetero) is 1. The number of rotatable bonds is 2. The molecule has 0 bridgehead atoms. The van der Waals surface area contributed by atoms with Gasteiger partial charge in [0.1, 0.15) is 0 Å². The summed E-state index contributed by atoms with van der Waals surface area (Å²) in [6.07, 6.45) is 1.63. The number of ether oxygens (including phenoxy) is 1. The Hall–Kier alpha value is -1.78. The molecule has 0 spiro atoms. The highest BCUT2D eigenvalue weighted by atomic mass is 16.5. The molecule has 19 heavy (non-hydrogen) atoms. The number of ketones is 1. The van der Waals surface area contributed by atoms with Crippen LogP contribution in [0.25, 0.3) is 10.9 Å². The second-order valence-electron chi connectivity index (χ2n) is 5.28. The largest absolute Gasteiger partial charge is 0.379 e. The molecule has 1 aliphatic heterocycles. The van der Waals surface area contributed by atoms with Gasteiger partial charge in [0.25, 0.3) is 0 Å². The second kappa shape index (κ2) is 4.40. The highest BCUT2D eigenvalue weighted by Crippen LogP contribution is 2.31. The first-order valence-corrected chi connectivity index (χ1v) is 6.34. The average Bonchev–Trinajstić information content (AvgIpc) is 2.78. The molecule has 2 unspecified atom stereocenters. The first kappa shape index (κ1) is 12.3. The van der Waals surface area contributed by atoms with Crippen molar-refractivity contribution in [3.8, 4) is 0 Å². The number of fused-ring (bicyclic) bond motifs is 1. The molecule has 4 heteroatoms. The lowest BCUT2D eigenvalue weighted by molar-refractivity contribution is 0.0767. The number of nitrogens with zero attached hydrogens (tertiary/aromatic N) is 1. The first-order chi connectivity index (χ1) is 9.11. The summed E-state index contributed by atoms with van der Waals surface area (Å²) in [5.41, 5.74) is 6.83. The minimum atomic E-state index is -0.649. The molecular formula is C15H16N2O2. The minimum absolute atomic E-state index is 0.00996. The van der Waals surface area contributed by atoms with Crippen LogP contribution in [0.5, 0.6) is 0 Å². The van der Waals surface area contributed by atoms with E-state index in [0.717, 1.165) is 10.9 Å². The van der Waals surface area contributed by atoms with Crippen molar-refractivity contribution in [1.82, 2.24) is 4.98 Å². The normalized spacial score (nSPS) is 26.7. The third kappa shape index (κ3) is 1.93. The second-order valence-corrected chi connectivity index (χ2v) is 5.28. The van der Waals surface area contributed by atoms with Gasteiger partial charge >= 0.3 is 0 Å². The van der Waals surface area contributed by atoms with Crippen molar-refractivity contribution in [3.63, 3.8) is 0 Å². The van der Waals surface area contributed by atoms with Crippen molar-refractivity contribution < 1.29 is 9.53 Å². The standard InChI is InChI=1S/C15H16N2O2/c1-15(9-19-8-13(15)16)14(18)11-6-10-4-2-3-5-12(10)17-7-11/h2-7,13H,8-9,16H2,1H3. The van der Waals surface area contributed by atoms with Crippen LogP contribution in [0.15, 0.2) is 36.5 Å². The molecule has 2 N–H and O–H groups in total. The van der Waals surface area contributed by atoms with Gasteiger partial charge in [-0.05, 0) is 19.1 Å². The molecule has 3 rings (SSSR count). The number of benzene rings is 1. The van der Waals surface area contributed by atoms with Gasteiger partial charge in [-0.3, -0.25) is 9.78 Å². The quantitative estimate of drug-likeness (QED) is 0.832. The molecule has 1 aliphatic rings. The Morgan fingerprint density at radius 3 is 3.00 bits per heavy atom. The molecule has 0 saturated carbocycles. The fourth-order valence-corrected chi connectivity index (χ4v) is 2.45. The van der Waals surface area contributed by atoms with Crippen LogP contribution in [-0.2, 0) is 4.74 Å². The van der Waals surface area contributed by atoms with Crippen LogP contribution < -0.4 is 5.73 Å². The maximum absolute atomic E-state index is 12.6. The maximum atomic E-state index is 12.6. The van der Waals surface area contributed by atoms with Crippen LogP contribution >= 0.6 is 0 Å². The molecule has 1 aromatic carbocycles. The number of para-hydroxylation sites is 1. The molecule has 1 aromatic heterocycles. The Morgan fingerprint density at radius 2 is 2.26 bits per heavy atom. The van der Waals surface area contributed by atoms with Gasteiger partial charge in [-0.25, -0.2) is 0 Å². The van der Waals surface area contributed by atoms with Gasteiger partial charge in [0.2, 0.25) is 0 Å². The van der Waals surface area contributed by atoms with Crippen molar-refractivity contribution in [1.29, 1.82) is 0 Å². The first-order valence-electron chi connectivity index (χ1n) is 6.34. The highest BCUT2D eigenvalue weighted by Gasteiger charge is 2.44. The Morgan fingerprint density at radius 1 is 1.47 bits per heavy atom. The summed E-state index contributed by atoms with van der Waals surface area (Å²) in [6, 6.07) is 9.36. The number of pyridine rings is 1. The average molecular weight is 256 g/mol. The molecule has 0 aliphatic carbocycles. The summed E-state index contributed by atoms with van der Waals surface area (Å²) in [7, 11) is 0. The van der Waals surface area contributed by atoms with Crippen LogP contribution in [0.4, 0.5) is 0 Å². The summed E-state index contributed by atoms with van der Waals surface area (Å²) in [4.78, 5) is 17.0. The molecule has 98 valence electrons. The highest BCUT2D eigenvalue weighted by molar-refractivity contribution is 6.03. The topological polar surface area (TPSA) is 65.2 Å². The van der Waals surface area contributed by atoms with E-state index in [1.165, 1.54) is 0 Å². The molecule has 1 saturated heterocycles. The lowest BCUT2D eigenvalue weighted by Gasteiger charge is -2.25. The van der Waals surface area contributed by atoms with Crippen molar-refractivity contribution in [2.24, 2.45) is 11.1 Å². The monoisotopic (exact) mass is 256 g/mol. The van der Waals surface area contributed by atoms with Gasteiger partial charge < -0.3 is 10.5 Å². The van der Waals surface area contributed by atoms with Crippen LogP contribution in [0.2, 0.25) is 0 Å². The molecule has 1 fully saturated rings. The predicted molar refractivity (Wildman–Crippen MR) is 73.0 cm³/mol. The van der Waals surface area contributed by atoms with E-state index in [4.69, 9.17) is 10.5 Å². The van der Waals surface area contributed by atoms with Gasteiger partial charge in [0.15, 0.2) is 5.78 Å². The molecule has 2 atom stereocenters. The molecule has 0 radical (unpaired) electrons. The van der Waals surface area contributed by atoms with Gasteiger partial charge in [0.05, 0.1) is 24.1 Å². The lowest BCUT2D eigenvalue weighted by Crippen LogP contribution is -2.44. The summed E-state index contributed by atoms with van der Waals surface area (Å²) in [5, 5.41) is 0.962. The Bertz CT molecular complexity index is 641. The molecule has 2 aromatic rings. The maximum Gasteiger partial charge on any atom is 0.174 e. The molecule has 4 nitrogen and oxygen atoms in total. The van der Waals surface area contributed by atoms with E-state index in [1.807, 2.05) is 37.3 Å². The fraction of sp³-hybridized carbons (Fsp3) is 0.333. The Kier molecular flexibility index (Phi) is 2.84. The van der Waals surface area contributed by atoms with E-state index in [1.54, 1.807) is 6.20 Å². The van der Waals surface area contributed by atoms with Gasteiger partial charge in [-0.15, -0.1) is 0 Å². The van der Waals surface area contributed by atoms with Gasteiger partial charge in [-0.1, -0.05) is 18.2 Å². The van der Waals surface area contributed by atoms with Gasteiger partial charge in [-0.2, -0.15) is 0 Å². The van der Waals surface area contributed by atoms with E-state index in [2.05, 4.69) is 4.98 Å². The Labute approximate surface area is 111 Å². The number of hydrogen-bond acceptors (Lipinski definition) is 4. The summed E-state index contributed by atoms with van der Waals surface area (Å²) < 4.78 is 5.34. The zero-order valence-corrected chi connectivity index (χ0v) is 10.8. The van der Waals surface area contributed by atoms with E-state index in [9.17, 15) is 4.79 Å². The van der Waals surface area contributed by atoms with Crippen molar-refractivity contribution >= 4 is 16.7 Å². The number of aromatic nitrogens is 1. The van der Waals surface area contributed by atoms with Crippen molar-refractivity contribution in [3.05, 3.63) is 42.1 Å². The van der Waals surface area contributed by atoms with Crippen LogP contribution in [-0.4, -0.2) is 30.0 Å². The summed E-state index contributed by atoms with van der Waals surface area (Å²) in [6.45, 7) is 2.67. The SMILES string of the molecule is CC1(C(=O)c2cnc3ccccc3c2)COCC1N. The minimum Gasteiger partial charge on any atom is -0.379 e. The number of carbonyl (C=O) groups is 1.